The average Bonchev–Trinajstić information content (AvgIpc) is 2.60. The lowest BCUT2D eigenvalue weighted by atomic mass is 10.0. The smallest absolute Gasteiger partial charge is 0.247 e. The van der Waals surface area contributed by atoms with Gasteiger partial charge in [-0.25, -0.2) is 8.42 Å². The van der Waals surface area contributed by atoms with Crippen LogP contribution in [0.15, 0.2) is 23.1 Å². The molecule has 2 atom stereocenters. The third-order valence-electron chi connectivity index (χ3n) is 4.18. The molecule has 1 fully saturated rings. The molecule has 0 aliphatic carbocycles. The first-order valence-electron chi connectivity index (χ1n) is 7.44. The summed E-state index contributed by atoms with van der Waals surface area (Å²) in [6.45, 7) is 0.606. The Labute approximate surface area is 149 Å². The van der Waals surface area contributed by atoms with Crippen molar-refractivity contribution < 1.29 is 22.6 Å². The maximum atomic E-state index is 13.1. The van der Waals surface area contributed by atoms with Crippen LogP contribution in [-0.4, -0.2) is 59.3 Å². The summed E-state index contributed by atoms with van der Waals surface area (Å²) in [5, 5.41) is 0. The van der Waals surface area contributed by atoms with Gasteiger partial charge in [0.05, 0.1) is 20.3 Å². The summed E-state index contributed by atoms with van der Waals surface area (Å²) in [5.74, 6) is 0.746. The van der Waals surface area contributed by atoms with Gasteiger partial charge in [0.2, 0.25) is 10.0 Å². The molecule has 7 nitrogen and oxygen atoms in total. The van der Waals surface area contributed by atoms with E-state index < -0.39 is 10.0 Å². The topological polar surface area (TPSA) is 91.1 Å². The van der Waals surface area contributed by atoms with E-state index in [9.17, 15) is 8.42 Å². The number of sulfonamides is 1. The van der Waals surface area contributed by atoms with E-state index in [4.69, 9.17) is 19.9 Å². The molecule has 2 rings (SSSR count). The van der Waals surface area contributed by atoms with E-state index in [-0.39, 0.29) is 41.7 Å². The quantitative estimate of drug-likeness (QED) is 0.798. The molecule has 0 bridgehead atoms. The third-order valence-corrected chi connectivity index (χ3v) is 6.15. The predicted octanol–water partition coefficient (Wildman–Crippen LogP) is 1.25. The van der Waals surface area contributed by atoms with Crippen molar-refractivity contribution in [3.05, 3.63) is 18.2 Å². The van der Waals surface area contributed by atoms with Crippen LogP contribution >= 0.6 is 12.4 Å². The molecule has 1 saturated heterocycles. The van der Waals surface area contributed by atoms with Gasteiger partial charge in [-0.05, 0) is 25.0 Å². The van der Waals surface area contributed by atoms with E-state index >= 15 is 0 Å². The first-order chi connectivity index (χ1) is 11.0. The van der Waals surface area contributed by atoms with Crippen LogP contribution in [0.1, 0.15) is 12.8 Å². The number of halogens is 1. The highest BCUT2D eigenvalue weighted by molar-refractivity contribution is 7.89. The number of hydrogen-bond acceptors (Lipinski definition) is 6. The lowest BCUT2D eigenvalue weighted by Gasteiger charge is -2.37. The van der Waals surface area contributed by atoms with E-state index in [2.05, 4.69) is 0 Å². The van der Waals surface area contributed by atoms with Gasteiger partial charge in [-0.1, -0.05) is 0 Å². The van der Waals surface area contributed by atoms with Crippen molar-refractivity contribution in [3.8, 4) is 11.5 Å². The van der Waals surface area contributed by atoms with Gasteiger partial charge >= 0.3 is 0 Å². The Morgan fingerprint density at radius 3 is 2.50 bits per heavy atom. The van der Waals surface area contributed by atoms with Crippen molar-refractivity contribution in [2.24, 2.45) is 5.73 Å². The minimum atomic E-state index is -3.74. The molecule has 1 aliphatic heterocycles. The number of piperidine rings is 1. The van der Waals surface area contributed by atoms with Crippen molar-refractivity contribution in [1.82, 2.24) is 4.31 Å². The first-order valence-corrected chi connectivity index (χ1v) is 8.88. The standard InChI is InChI=1S/C15H24N2O5S.ClH/c1-20-12-4-5-14(22-3)15(9-12)23(18,19)17-7-6-13(21-2)8-11(17)10-16;/h4-5,9,11,13H,6-8,10,16H2,1-3H3;1H. The van der Waals surface area contributed by atoms with Gasteiger partial charge in [0.1, 0.15) is 16.4 Å². The van der Waals surface area contributed by atoms with E-state index in [1.165, 1.54) is 24.6 Å². The van der Waals surface area contributed by atoms with Gasteiger partial charge in [-0.2, -0.15) is 4.31 Å². The number of ether oxygens (including phenoxy) is 3. The Balaban J connectivity index is 0.00000288. The van der Waals surface area contributed by atoms with Gasteiger partial charge in [0.15, 0.2) is 0 Å². The number of methoxy groups -OCH3 is 3. The molecule has 0 saturated carbocycles. The summed E-state index contributed by atoms with van der Waals surface area (Å²) >= 11 is 0. The van der Waals surface area contributed by atoms with Crippen LogP contribution in [0.4, 0.5) is 0 Å². The summed E-state index contributed by atoms with van der Waals surface area (Å²) in [5.41, 5.74) is 5.79. The van der Waals surface area contributed by atoms with Crippen molar-refractivity contribution >= 4 is 22.4 Å². The molecule has 9 heteroatoms. The highest BCUT2D eigenvalue weighted by atomic mass is 35.5. The Kier molecular flexibility index (Phi) is 7.75. The lowest BCUT2D eigenvalue weighted by molar-refractivity contribution is 0.0401. The molecular formula is C15H25ClN2O5S. The van der Waals surface area contributed by atoms with Crippen LogP contribution < -0.4 is 15.2 Å². The molecule has 0 spiro atoms. The molecule has 0 aromatic heterocycles. The van der Waals surface area contributed by atoms with E-state index in [0.717, 1.165) is 0 Å². The Bertz CT molecular complexity index is 641. The Hall–Kier alpha value is -1.06. The molecule has 138 valence electrons. The summed E-state index contributed by atoms with van der Waals surface area (Å²) in [6.07, 6.45) is 1.25. The van der Waals surface area contributed by atoms with E-state index in [0.29, 0.717) is 25.1 Å². The SMILES string of the molecule is COc1ccc(OC)c(S(=O)(=O)N2CCC(OC)CC2CN)c1.Cl. The summed E-state index contributed by atoms with van der Waals surface area (Å²) < 4.78 is 43.3. The predicted molar refractivity (Wildman–Crippen MR) is 93.6 cm³/mol. The lowest BCUT2D eigenvalue weighted by Crippen LogP contribution is -2.51. The van der Waals surface area contributed by atoms with Crippen LogP contribution in [0.3, 0.4) is 0 Å². The molecule has 2 unspecified atom stereocenters. The maximum absolute atomic E-state index is 13.1. The zero-order valence-corrected chi connectivity index (χ0v) is 15.7. The van der Waals surface area contributed by atoms with Gasteiger partial charge in [-0.3, -0.25) is 0 Å². The monoisotopic (exact) mass is 380 g/mol. The van der Waals surface area contributed by atoms with Crippen molar-refractivity contribution in [2.45, 2.75) is 29.9 Å². The van der Waals surface area contributed by atoms with Crippen LogP contribution in [0, 0.1) is 0 Å². The fraction of sp³-hybridized carbons (Fsp3) is 0.600. The molecule has 1 aromatic rings. The minimum Gasteiger partial charge on any atom is -0.497 e. The van der Waals surface area contributed by atoms with E-state index in [1.807, 2.05) is 0 Å². The van der Waals surface area contributed by atoms with Gasteiger partial charge in [0, 0.05) is 32.3 Å². The number of nitrogens with two attached hydrogens (primary N) is 1. The average molecular weight is 381 g/mol. The van der Waals surface area contributed by atoms with Crippen molar-refractivity contribution in [2.75, 3.05) is 34.4 Å². The summed E-state index contributed by atoms with van der Waals surface area (Å²) in [4.78, 5) is 0.0914. The third kappa shape index (κ3) is 4.12. The number of benzene rings is 1. The van der Waals surface area contributed by atoms with Crippen LogP contribution in [0.5, 0.6) is 11.5 Å². The molecular weight excluding hydrogens is 356 g/mol. The number of hydrogen-bond donors (Lipinski definition) is 1. The minimum absolute atomic E-state index is 0. The van der Waals surface area contributed by atoms with E-state index in [1.54, 1.807) is 19.2 Å². The molecule has 1 aromatic carbocycles. The molecule has 0 amide bonds. The highest BCUT2D eigenvalue weighted by Gasteiger charge is 2.37. The second-order valence-electron chi connectivity index (χ2n) is 5.40. The second-order valence-corrected chi connectivity index (χ2v) is 7.26. The fourth-order valence-corrected chi connectivity index (χ4v) is 4.68. The maximum Gasteiger partial charge on any atom is 0.247 e. The zero-order chi connectivity index (χ0) is 17.0. The summed E-state index contributed by atoms with van der Waals surface area (Å²) in [7, 11) is 0.829. The largest absolute Gasteiger partial charge is 0.497 e. The van der Waals surface area contributed by atoms with Crippen molar-refractivity contribution in [3.63, 3.8) is 0 Å². The molecule has 0 radical (unpaired) electrons. The van der Waals surface area contributed by atoms with Gasteiger partial charge in [0.25, 0.3) is 0 Å². The second kappa shape index (κ2) is 8.87. The van der Waals surface area contributed by atoms with Gasteiger partial charge < -0.3 is 19.9 Å². The molecule has 2 N–H and O–H groups in total. The van der Waals surface area contributed by atoms with Crippen molar-refractivity contribution in [1.29, 1.82) is 0 Å². The highest BCUT2D eigenvalue weighted by Crippen LogP contribution is 2.33. The fourth-order valence-electron chi connectivity index (χ4n) is 2.85. The van der Waals surface area contributed by atoms with Crippen LogP contribution in [0.2, 0.25) is 0 Å². The van der Waals surface area contributed by atoms with Gasteiger partial charge in [-0.15, -0.1) is 12.4 Å². The van der Waals surface area contributed by atoms with Crippen LogP contribution in [-0.2, 0) is 14.8 Å². The number of rotatable bonds is 6. The molecule has 1 aliphatic rings. The summed E-state index contributed by atoms with van der Waals surface area (Å²) in [6, 6.07) is 4.43. The Morgan fingerprint density at radius 2 is 1.96 bits per heavy atom. The first kappa shape index (κ1) is 21.0. The zero-order valence-electron chi connectivity index (χ0n) is 14.1. The van der Waals surface area contributed by atoms with Crippen LogP contribution in [0.25, 0.3) is 0 Å². The Morgan fingerprint density at radius 1 is 1.25 bits per heavy atom. The molecule has 24 heavy (non-hydrogen) atoms. The number of nitrogens with zero attached hydrogens (tertiary/aromatic N) is 1. The molecule has 1 heterocycles. The normalized spacial score (nSPS) is 21.8.